The Bertz CT molecular complexity index is 434. The molecule has 0 radical (unpaired) electrons. The number of rotatable bonds is 5. The molecule has 1 rings (SSSR count). The SMILES string of the molecule is CCOC(=O)NC(=O)C[NH+](C)Cc1ccc(F)cc1. The third kappa shape index (κ3) is 5.96. The van der Waals surface area contributed by atoms with Gasteiger partial charge in [0.25, 0.3) is 5.91 Å². The second-order valence-electron chi connectivity index (χ2n) is 4.21. The highest BCUT2D eigenvalue weighted by Gasteiger charge is 2.13. The summed E-state index contributed by atoms with van der Waals surface area (Å²) < 4.78 is 17.3. The fraction of sp³-hybridized carbons (Fsp3) is 0.385. The zero-order chi connectivity index (χ0) is 14.3. The summed E-state index contributed by atoms with van der Waals surface area (Å²) >= 11 is 0. The van der Waals surface area contributed by atoms with E-state index < -0.39 is 12.0 Å². The predicted molar refractivity (Wildman–Crippen MR) is 67.0 cm³/mol. The molecule has 2 amide bonds. The number of hydrogen-bond acceptors (Lipinski definition) is 3. The molecule has 2 N–H and O–H groups in total. The van der Waals surface area contributed by atoms with Crippen molar-refractivity contribution in [2.24, 2.45) is 0 Å². The van der Waals surface area contributed by atoms with Crippen molar-refractivity contribution in [3.63, 3.8) is 0 Å². The molecule has 104 valence electrons. The number of imide groups is 1. The van der Waals surface area contributed by atoms with Crippen molar-refractivity contribution < 1.29 is 23.6 Å². The molecule has 1 aromatic carbocycles. The number of hydrogen-bond donors (Lipinski definition) is 2. The van der Waals surface area contributed by atoms with Crippen LogP contribution in [0.4, 0.5) is 9.18 Å². The minimum absolute atomic E-state index is 0.135. The lowest BCUT2D eigenvalue weighted by Gasteiger charge is -2.13. The molecule has 1 atom stereocenters. The van der Waals surface area contributed by atoms with Gasteiger partial charge >= 0.3 is 6.09 Å². The summed E-state index contributed by atoms with van der Waals surface area (Å²) in [5.41, 5.74) is 0.919. The van der Waals surface area contributed by atoms with E-state index in [2.05, 4.69) is 10.1 Å². The van der Waals surface area contributed by atoms with Gasteiger partial charge in [0, 0.05) is 5.56 Å². The van der Waals surface area contributed by atoms with Crippen LogP contribution in [0, 0.1) is 5.82 Å². The summed E-state index contributed by atoms with van der Waals surface area (Å²) in [7, 11) is 1.81. The van der Waals surface area contributed by atoms with Crippen LogP contribution in [0.15, 0.2) is 24.3 Å². The Balaban J connectivity index is 2.38. The molecule has 0 saturated heterocycles. The Morgan fingerprint density at radius 3 is 2.53 bits per heavy atom. The van der Waals surface area contributed by atoms with E-state index in [1.165, 1.54) is 12.1 Å². The lowest BCUT2D eigenvalue weighted by molar-refractivity contribution is -0.885. The van der Waals surface area contributed by atoms with Gasteiger partial charge in [-0.1, -0.05) is 12.1 Å². The van der Waals surface area contributed by atoms with Gasteiger partial charge in [0.1, 0.15) is 12.4 Å². The van der Waals surface area contributed by atoms with E-state index >= 15 is 0 Å². The van der Waals surface area contributed by atoms with Crippen molar-refractivity contribution in [3.05, 3.63) is 35.6 Å². The van der Waals surface area contributed by atoms with Crippen LogP contribution in [0.3, 0.4) is 0 Å². The lowest BCUT2D eigenvalue weighted by atomic mass is 10.2. The molecule has 0 fully saturated rings. The minimum Gasteiger partial charge on any atom is -0.450 e. The molecular formula is C13H18FN2O3+. The summed E-state index contributed by atoms with van der Waals surface area (Å²) in [4.78, 5) is 23.4. The molecule has 1 unspecified atom stereocenters. The van der Waals surface area contributed by atoms with Gasteiger partial charge in [-0.15, -0.1) is 0 Å². The Morgan fingerprint density at radius 2 is 1.95 bits per heavy atom. The highest BCUT2D eigenvalue weighted by Crippen LogP contribution is 2.00. The summed E-state index contributed by atoms with van der Waals surface area (Å²) in [5.74, 6) is -0.695. The number of halogens is 1. The lowest BCUT2D eigenvalue weighted by Crippen LogP contribution is -3.08. The number of alkyl carbamates (subject to hydrolysis) is 1. The van der Waals surface area contributed by atoms with Crippen molar-refractivity contribution in [3.8, 4) is 0 Å². The largest absolute Gasteiger partial charge is 0.450 e. The van der Waals surface area contributed by atoms with Gasteiger partial charge in [-0.2, -0.15) is 0 Å². The Morgan fingerprint density at radius 1 is 1.32 bits per heavy atom. The van der Waals surface area contributed by atoms with Crippen LogP contribution in [-0.4, -0.2) is 32.2 Å². The number of amides is 2. The van der Waals surface area contributed by atoms with Crippen molar-refractivity contribution in [2.45, 2.75) is 13.5 Å². The smallest absolute Gasteiger partial charge is 0.414 e. The first-order valence-corrected chi connectivity index (χ1v) is 6.03. The number of nitrogens with one attached hydrogen (secondary N) is 2. The van der Waals surface area contributed by atoms with Crippen molar-refractivity contribution in [1.82, 2.24) is 5.32 Å². The topological polar surface area (TPSA) is 59.8 Å². The highest BCUT2D eigenvalue weighted by molar-refractivity contribution is 5.92. The number of carbonyl (C=O) groups is 2. The second kappa shape index (κ2) is 7.48. The van der Waals surface area contributed by atoms with Crippen molar-refractivity contribution >= 4 is 12.0 Å². The van der Waals surface area contributed by atoms with Crippen molar-refractivity contribution in [2.75, 3.05) is 20.2 Å². The first-order valence-electron chi connectivity index (χ1n) is 6.03. The standard InChI is InChI=1S/C13H17FN2O3/c1-3-19-13(18)15-12(17)9-16(2)8-10-4-6-11(14)7-5-10/h4-7H,3,8-9H2,1-2H3,(H,15,17,18)/p+1. The molecular weight excluding hydrogens is 251 g/mol. The molecule has 0 heterocycles. The average Bonchev–Trinajstić information content (AvgIpc) is 2.32. The summed E-state index contributed by atoms with van der Waals surface area (Å²) in [6.07, 6.45) is -0.734. The van der Waals surface area contributed by atoms with Crippen molar-refractivity contribution in [1.29, 1.82) is 0 Å². The second-order valence-corrected chi connectivity index (χ2v) is 4.21. The van der Waals surface area contributed by atoms with Gasteiger partial charge in [-0.05, 0) is 19.1 Å². The van der Waals surface area contributed by atoms with Crippen LogP contribution in [0.5, 0.6) is 0 Å². The van der Waals surface area contributed by atoms with Crippen LogP contribution in [0.2, 0.25) is 0 Å². The summed E-state index contributed by atoms with van der Waals surface area (Å²) in [6, 6.07) is 6.09. The van der Waals surface area contributed by atoms with E-state index in [0.717, 1.165) is 10.5 Å². The molecule has 0 bridgehead atoms. The maximum Gasteiger partial charge on any atom is 0.414 e. The van der Waals surface area contributed by atoms with Gasteiger partial charge in [0.2, 0.25) is 0 Å². The zero-order valence-electron chi connectivity index (χ0n) is 11.0. The molecule has 19 heavy (non-hydrogen) atoms. The van der Waals surface area contributed by atoms with E-state index in [-0.39, 0.29) is 19.0 Å². The van der Waals surface area contributed by atoms with Gasteiger partial charge in [-0.3, -0.25) is 10.1 Å². The average molecular weight is 269 g/mol. The fourth-order valence-electron chi connectivity index (χ4n) is 1.61. The summed E-state index contributed by atoms with van der Waals surface area (Å²) in [5, 5.41) is 2.13. The van der Waals surface area contributed by atoms with Gasteiger partial charge in [0.15, 0.2) is 6.54 Å². The third-order valence-corrected chi connectivity index (χ3v) is 2.40. The molecule has 0 saturated carbocycles. The number of carbonyl (C=O) groups excluding carboxylic acids is 2. The van der Waals surface area contributed by atoms with Crippen LogP contribution in [0.1, 0.15) is 12.5 Å². The van der Waals surface area contributed by atoms with Crippen LogP contribution < -0.4 is 10.2 Å². The number of ether oxygens (including phenoxy) is 1. The van der Waals surface area contributed by atoms with E-state index in [9.17, 15) is 14.0 Å². The minimum atomic E-state index is -0.734. The number of likely N-dealkylation sites (N-methyl/N-ethyl adjacent to an activating group) is 1. The summed E-state index contributed by atoms with van der Waals surface area (Å²) in [6.45, 7) is 2.58. The molecule has 1 aromatic rings. The Hall–Kier alpha value is -1.95. The molecule has 0 aliphatic carbocycles. The van der Waals surface area contributed by atoms with E-state index in [1.54, 1.807) is 19.1 Å². The molecule has 0 aliphatic rings. The molecule has 0 aromatic heterocycles. The van der Waals surface area contributed by atoms with Gasteiger partial charge in [-0.25, -0.2) is 9.18 Å². The van der Waals surface area contributed by atoms with Crippen LogP contribution in [0.25, 0.3) is 0 Å². The van der Waals surface area contributed by atoms with Gasteiger partial charge < -0.3 is 9.64 Å². The Kier molecular flexibility index (Phi) is 5.95. The first-order chi connectivity index (χ1) is 9.01. The zero-order valence-corrected chi connectivity index (χ0v) is 11.0. The number of quaternary nitrogens is 1. The normalized spacial score (nSPS) is 11.7. The quantitative estimate of drug-likeness (QED) is 0.798. The monoisotopic (exact) mass is 269 g/mol. The first kappa shape index (κ1) is 15.1. The number of benzene rings is 1. The van der Waals surface area contributed by atoms with E-state index in [1.807, 2.05) is 7.05 Å². The van der Waals surface area contributed by atoms with E-state index in [4.69, 9.17) is 0 Å². The maximum atomic E-state index is 12.7. The van der Waals surface area contributed by atoms with E-state index in [0.29, 0.717) is 6.54 Å². The molecule has 0 aliphatic heterocycles. The van der Waals surface area contributed by atoms with Crippen LogP contribution in [-0.2, 0) is 16.1 Å². The Labute approximate surface area is 111 Å². The fourth-order valence-corrected chi connectivity index (χ4v) is 1.61. The maximum absolute atomic E-state index is 12.7. The molecule has 5 nitrogen and oxygen atoms in total. The van der Waals surface area contributed by atoms with Gasteiger partial charge in [0.05, 0.1) is 13.7 Å². The highest BCUT2D eigenvalue weighted by atomic mass is 19.1. The predicted octanol–water partition coefficient (Wildman–Crippen LogP) is 0.113. The third-order valence-electron chi connectivity index (χ3n) is 2.40. The molecule has 6 heteroatoms. The molecule has 0 spiro atoms. The van der Waals surface area contributed by atoms with Crippen LogP contribution >= 0.6 is 0 Å².